The van der Waals surface area contributed by atoms with Gasteiger partial charge in [0.25, 0.3) is 11.8 Å². The SMILES string of the molecule is Cc1cc(C(=O)NNC(=O)c2ccccc2)no1. The molecule has 0 atom stereocenters. The molecule has 0 saturated heterocycles. The molecule has 1 aromatic carbocycles. The van der Waals surface area contributed by atoms with Gasteiger partial charge >= 0.3 is 0 Å². The summed E-state index contributed by atoms with van der Waals surface area (Å²) < 4.78 is 4.75. The summed E-state index contributed by atoms with van der Waals surface area (Å²) >= 11 is 0. The Labute approximate surface area is 103 Å². The highest BCUT2D eigenvalue weighted by Crippen LogP contribution is 2.01. The number of nitrogens with zero attached hydrogens (tertiary/aromatic N) is 1. The van der Waals surface area contributed by atoms with E-state index in [4.69, 9.17) is 4.52 Å². The maximum absolute atomic E-state index is 11.6. The molecule has 18 heavy (non-hydrogen) atoms. The van der Waals surface area contributed by atoms with E-state index in [1.165, 1.54) is 6.07 Å². The van der Waals surface area contributed by atoms with Crippen LogP contribution < -0.4 is 10.9 Å². The van der Waals surface area contributed by atoms with Crippen LogP contribution in [0.5, 0.6) is 0 Å². The Morgan fingerprint density at radius 3 is 2.39 bits per heavy atom. The third kappa shape index (κ3) is 2.73. The quantitative estimate of drug-likeness (QED) is 0.775. The van der Waals surface area contributed by atoms with Gasteiger partial charge in [-0.2, -0.15) is 0 Å². The van der Waals surface area contributed by atoms with Gasteiger partial charge in [-0.25, -0.2) is 0 Å². The average molecular weight is 245 g/mol. The summed E-state index contributed by atoms with van der Waals surface area (Å²) in [5.74, 6) is -0.408. The number of hydrogen-bond acceptors (Lipinski definition) is 4. The molecule has 0 bridgehead atoms. The fourth-order valence-electron chi connectivity index (χ4n) is 1.31. The van der Waals surface area contributed by atoms with Gasteiger partial charge < -0.3 is 4.52 Å². The van der Waals surface area contributed by atoms with Crippen molar-refractivity contribution < 1.29 is 14.1 Å². The van der Waals surface area contributed by atoms with Crippen molar-refractivity contribution in [3.8, 4) is 0 Å². The fraction of sp³-hybridized carbons (Fsp3) is 0.0833. The van der Waals surface area contributed by atoms with Crippen LogP contribution in [0, 0.1) is 6.92 Å². The molecule has 6 heteroatoms. The first-order chi connectivity index (χ1) is 8.66. The minimum atomic E-state index is -0.531. The monoisotopic (exact) mass is 245 g/mol. The van der Waals surface area contributed by atoms with Gasteiger partial charge in [-0.3, -0.25) is 20.4 Å². The molecule has 0 radical (unpaired) electrons. The van der Waals surface area contributed by atoms with Gasteiger partial charge in [-0.15, -0.1) is 0 Å². The average Bonchev–Trinajstić information content (AvgIpc) is 2.83. The second-order valence-electron chi connectivity index (χ2n) is 3.60. The summed E-state index contributed by atoms with van der Waals surface area (Å²) in [4.78, 5) is 23.2. The molecule has 0 saturated carbocycles. The highest BCUT2D eigenvalue weighted by Gasteiger charge is 2.12. The molecule has 0 unspecified atom stereocenters. The van der Waals surface area contributed by atoms with Crippen molar-refractivity contribution in [2.75, 3.05) is 0 Å². The van der Waals surface area contributed by atoms with Crippen LogP contribution in [-0.4, -0.2) is 17.0 Å². The first-order valence-electron chi connectivity index (χ1n) is 5.26. The van der Waals surface area contributed by atoms with Crippen LogP contribution in [0.25, 0.3) is 0 Å². The number of carbonyl (C=O) groups excluding carboxylic acids is 2. The predicted molar refractivity (Wildman–Crippen MR) is 62.6 cm³/mol. The molecule has 0 aliphatic carbocycles. The standard InChI is InChI=1S/C12H11N3O3/c1-8-7-10(15-18-8)12(17)14-13-11(16)9-5-3-2-4-6-9/h2-7H,1H3,(H,13,16)(H,14,17). The molecule has 2 N–H and O–H groups in total. The smallest absolute Gasteiger partial charge is 0.291 e. The van der Waals surface area contributed by atoms with Crippen LogP contribution in [-0.2, 0) is 0 Å². The van der Waals surface area contributed by atoms with Crippen molar-refractivity contribution in [1.82, 2.24) is 16.0 Å². The Bertz CT molecular complexity index is 563. The minimum absolute atomic E-state index is 0.112. The molecule has 0 aliphatic heterocycles. The summed E-state index contributed by atoms with van der Waals surface area (Å²) in [5.41, 5.74) is 5.10. The summed E-state index contributed by atoms with van der Waals surface area (Å²) in [6.45, 7) is 1.67. The van der Waals surface area contributed by atoms with E-state index in [1.807, 2.05) is 0 Å². The number of benzene rings is 1. The van der Waals surface area contributed by atoms with Gasteiger partial charge in [0.1, 0.15) is 5.76 Å². The van der Waals surface area contributed by atoms with Crippen molar-refractivity contribution in [2.45, 2.75) is 6.92 Å². The van der Waals surface area contributed by atoms with E-state index in [-0.39, 0.29) is 5.69 Å². The zero-order chi connectivity index (χ0) is 13.0. The summed E-state index contributed by atoms with van der Waals surface area (Å²) in [7, 11) is 0. The summed E-state index contributed by atoms with van der Waals surface area (Å²) in [5, 5.41) is 3.53. The molecule has 2 rings (SSSR count). The maximum atomic E-state index is 11.6. The number of aromatic nitrogens is 1. The number of amides is 2. The third-order valence-electron chi connectivity index (χ3n) is 2.19. The summed E-state index contributed by atoms with van der Waals surface area (Å²) in [6, 6.07) is 10.0. The zero-order valence-corrected chi connectivity index (χ0v) is 9.64. The van der Waals surface area contributed by atoms with Gasteiger partial charge in [-0.1, -0.05) is 23.4 Å². The van der Waals surface area contributed by atoms with E-state index in [9.17, 15) is 9.59 Å². The van der Waals surface area contributed by atoms with E-state index in [1.54, 1.807) is 37.3 Å². The number of aryl methyl sites for hydroxylation is 1. The largest absolute Gasteiger partial charge is 0.361 e. The van der Waals surface area contributed by atoms with E-state index in [2.05, 4.69) is 16.0 Å². The molecule has 2 aromatic rings. The van der Waals surface area contributed by atoms with Gasteiger partial charge in [-0.05, 0) is 19.1 Å². The normalized spacial score (nSPS) is 9.83. The predicted octanol–water partition coefficient (Wildman–Crippen LogP) is 1.06. The van der Waals surface area contributed by atoms with Crippen LogP contribution in [0.3, 0.4) is 0 Å². The highest BCUT2D eigenvalue weighted by molar-refractivity contribution is 5.98. The van der Waals surface area contributed by atoms with Crippen molar-refractivity contribution in [3.63, 3.8) is 0 Å². The number of rotatable bonds is 2. The maximum Gasteiger partial charge on any atom is 0.291 e. The van der Waals surface area contributed by atoms with Crippen LogP contribution in [0.1, 0.15) is 26.6 Å². The third-order valence-corrected chi connectivity index (χ3v) is 2.19. The van der Waals surface area contributed by atoms with E-state index < -0.39 is 11.8 Å². The fourth-order valence-corrected chi connectivity index (χ4v) is 1.31. The molecule has 6 nitrogen and oxygen atoms in total. The molecular formula is C12H11N3O3. The molecule has 92 valence electrons. The van der Waals surface area contributed by atoms with E-state index >= 15 is 0 Å². The van der Waals surface area contributed by atoms with Gasteiger partial charge in [0, 0.05) is 11.6 Å². The number of nitrogens with one attached hydrogen (secondary N) is 2. The molecule has 0 aliphatic rings. The Morgan fingerprint density at radius 2 is 1.78 bits per heavy atom. The first-order valence-corrected chi connectivity index (χ1v) is 5.26. The van der Waals surface area contributed by atoms with E-state index in [0.717, 1.165) is 0 Å². The van der Waals surface area contributed by atoms with Crippen LogP contribution >= 0.6 is 0 Å². The lowest BCUT2D eigenvalue weighted by atomic mass is 10.2. The van der Waals surface area contributed by atoms with Gasteiger partial charge in [0.15, 0.2) is 5.69 Å². The molecular weight excluding hydrogens is 234 g/mol. The van der Waals surface area contributed by atoms with Crippen LogP contribution in [0.4, 0.5) is 0 Å². The second kappa shape index (κ2) is 5.13. The molecule has 1 aromatic heterocycles. The lowest BCUT2D eigenvalue weighted by Crippen LogP contribution is -2.41. The lowest BCUT2D eigenvalue weighted by molar-refractivity contribution is 0.0841. The molecule has 1 heterocycles. The highest BCUT2D eigenvalue weighted by atomic mass is 16.5. The van der Waals surface area contributed by atoms with Crippen molar-refractivity contribution in [3.05, 3.63) is 53.4 Å². The first kappa shape index (κ1) is 11.8. The van der Waals surface area contributed by atoms with Crippen molar-refractivity contribution in [2.24, 2.45) is 0 Å². The number of carbonyl (C=O) groups is 2. The molecule has 0 spiro atoms. The molecule has 2 amide bonds. The van der Waals surface area contributed by atoms with E-state index in [0.29, 0.717) is 11.3 Å². The van der Waals surface area contributed by atoms with Gasteiger partial charge in [0.2, 0.25) is 0 Å². The second-order valence-corrected chi connectivity index (χ2v) is 3.60. The van der Waals surface area contributed by atoms with Crippen LogP contribution in [0.2, 0.25) is 0 Å². The minimum Gasteiger partial charge on any atom is -0.361 e. The van der Waals surface area contributed by atoms with Crippen LogP contribution in [0.15, 0.2) is 40.9 Å². The topological polar surface area (TPSA) is 84.2 Å². The summed E-state index contributed by atoms with van der Waals surface area (Å²) in [6.07, 6.45) is 0. The molecule has 0 fully saturated rings. The Kier molecular flexibility index (Phi) is 3.38. The lowest BCUT2D eigenvalue weighted by Gasteiger charge is -2.05. The number of hydrazine groups is 1. The van der Waals surface area contributed by atoms with Gasteiger partial charge in [0.05, 0.1) is 0 Å². The Balaban J connectivity index is 1.92. The Morgan fingerprint density at radius 1 is 1.11 bits per heavy atom. The number of hydrogen-bond donors (Lipinski definition) is 2. The Hall–Kier alpha value is -2.63. The van der Waals surface area contributed by atoms with Crippen molar-refractivity contribution >= 4 is 11.8 Å². The van der Waals surface area contributed by atoms with Crippen molar-refractivity contribution in [1.29, 1.82) is 0 Å². The zero-order valence-electron chi connectivity index (χ0n) is 9.64.